The van der Waals surface area contributed by atoms with E-state index in [1.54, 1.807) is 34.6 Å². The van der Waals surface area contributed by atoms with Crippen LogP contribution in [0.15, 0.2) is 54.6 Å². The van der Waals surface area contributed by atoms with Gasteiger partial charge in [-0.15, -0.1) is 0 Å². The quantitative estimate of drug-likeness (QED) is 0.346. The second-order valence-electron chi connectivity index (χ2n) is 9.09. The average Bonchev–Trinajstić information content (AvgIpc) is 2.88. The van der Waals surface area contributed by atoms with Crippen molar-refractivity contribution in [2.24, 2.45) is 5.92 Å². The molecule has 3 aromatic rings. The SMILES string of the molecule is CC(=O)N1CC[C@@H](NC(=O)c2ccc(OCc3cc(C)nc4ccccc34)cc2)[C@@H](CC(=O)NO)C1. The lowest BCUT2D eigenvalue weighted by atomic mass is 9.88. The molecule has 1 aliphatic heterocycles. The van der Waals surface area contributed by atoms with E-state index in [9.17, 15) is 14.4 Å². The summed E-state index contributed by atoms with van der Waals surface area (Å²) in [5.74, 6) is -0.576. The topological polar surface area (TPSA) is 121 Å². The first kappa shape index (κ1) is 25.1. The van der Waals surface area contributed by atoms with Crippen LogP contribution in [-0.4, -0.2) is 51.9 Å². The van der Waals surface area contributed by atoms with E-state index in [-0.39, 0.29) is 30.2 Å². The monoisotopic (exact) mass is 490 g/mol. The summed E-state index contributed by atoms with van der Waals surface area (Å²) < 4.78 is 5.98. The van der Waals surface area contributed by atoms with Gasteiger partial charge in [-0.05, 0) is 49.7 Å². The summed E-state index contributed by atoms with van der Waals surface area (Å²) >= 11 is 0. The fourth-order valence-electron chi connectivity index (χ4n) is 4.63. The van der Waals surface area contributed by atoms with Crippen molar-refractivity contribution in [1.82, 2.24) is 20.7 Å². The second-order valence-corrected chi connectivity index (χ2v) is 9.09. The summed E-state index contributed by atoms with van der Waals surface area (Å²) in [6, 6.07) is 16.5. The number of nitrogens with one attached hydrogen (secondary N) is 2. The number of aromatic nitrogens is 1. The number of nitrogens with zero attached hydrogens (tertiary/aromatic N) is 2. The van der Waals surface area contributed by atoms with Gasteiger partial charge in [0.2, 0.25) is 11.8 Å². The number of hydroxylamine groups is 1. The van der Waals surface area contributed by atoms with Crippen LogP contribution in [0.4, 0.5) is 0 Å². The van der Waals surface area contributed by atoms with Crippen LogP contribution in [-0.2, 0) is 16.2 Å². The normalized spacial score (nSPS) is 17.5. The van der Waals surface area contributed by atoms with Crippen LogP contribution in [0, 0.1) is 12.8 Å². The van der Waals surface area contributed by atoms with Crippen LogP contribution in [0.25, 0.3) is 10.9 Å². The Kier molecular flexibility index (Phi) is 7.80. The molecular weight excluding hydrogens is 460 g/mol. The van der Waals surface area contributed by atoms with Gasteiger partial charge in [0.05, 0.1) is 5.52 Å². The van der Waals surface area contributed by atoms with E-state index in [1.165, 1.54) is 6.92 Å². The van der Waals surface area contributed by atoms with E-state index in [2.05, 4.69) is 10.3 Å². The van der Waals surface area contributed by atoms with Gasteiger partial charge in [0, 0.05) is 60.6 Å². The summed E-state index contributed by atoms with van der Waals surface area (Å²) in [5.41, 5.74) is 4.98. The third-order valence-corrected chi connectivity index (χ3v) is 6.51. The second kappa shape index (κ2) is 11.2. The van der Waals surface area contributed by atoms with E-state index in [4.69, 9.17) is 9.94 Å². The van der Waals surface area contributed by atoms with E-state index >= 15 is 0 Å². The number of fused-ring (bicyclic) bond motifs is 1. The minimum Gasteiger partial charge on any atom is -0.489 e. The Hall–Kier alpha value is -3.98. The van der Waals surface area contributed by atoms with Crippen LogP contribution < -0.4 is 15.5 Å². The smallest absolute Gasteiger partial charge is 0.251 e. The number of piperidine rings is 1. The van der Waals surface area contributed by atoms with Gasteiger partial charge in [0.1, 0.15) is 12.4 Å². The van der Waals surface area contributed by atoms with E-state index in [0.29, 0.717) is 37.4 Å². The Morgan fingerprint density at radius 1 is 1.14 bits per heavy atom. The minimum atomic E-state index is -0.552. The molecule has 1 saturated heterocycles. The van der Waals surface area contributed by atoms with Crippen LogP contribution in [0.1, 0.15) is 41.4 Å². The molecule has 1 fully saturated rings. The number of amides is 3. The highest BCUT2D eigenvalue weighted by Crippen LogP contribution is 2.23. The number of benzene rings is 2. The molecule has 3 amide bonds. The molecule has 0 radical (unpaired) electrons. The molecular formula is C27H30N4O5. The highest BCUT2D eigenvalue weighted by molar-refractivity contribution is 5.94. The molecule has 2 heterocycles. The molecule has 36 heavy (non-hydrogen) atoms. The molecule has 0 bridgehead atoms. The highest BCUT2D eigenvalue weighted by Gasteiger charge is 2.33. The number of hydrogen-bond donors (Lipinski definition) is 3. The van der Waals surface area contributed by atoms with Crippen molar-refractivity contribution in [2.75, 3.05) is 13.1 Å². The first-order valence-electron chi connectivity index (χ1n) is 11.9. The van der Waals surface area contributed by atoms with Crippen LogP contribution in [0.2, 0.25) is 0 Å². The Morgan fingerprint density at radius 2 is 1.89 bits per heavy atom. The van der Waals surface area contributed by atoms with Crippen molar-refractivity contribution in [2.45, 2.75) is 39.3 Å². The van der Waals surface area contributed by atoms with E-state index in [0.717, 1.165) is 22.2 Å². The summed E-state index contributed by atoms with van der Waals surface area (Å²) in [7, 11) is 0. The van der Waals surface area contributed by atoms with Crippen molar-refractivity contribution in [3.8, 4) is 5.75 Å². The van der Waals surface area contributed by atoms with Gasteiger partial charge < -0.3 is 15.0 Å². The molecule has 3 N–H and O–H groups in total. The predicted octanol–water partition coefficient (Wildman–Crippen LogP) is 2.98. The highest BCUT2D eigenvalue weighted by atomic mass is 16.5. The molecule has 9 heteroatoms. The van der Waals surface area contributed by atoms with E-state index < -0.39 is 5.91 Å². The van der Waals surface area contributed by atoms with Gasteiger partial charge in [-0.2, -0.15) is 0 Å². The lowest BCUT2D eigenvalue weighted by Gasteiger charge is -2.38. The maximum Gasteiger partial charge on any atom is 0.251 e. The lowest BCUT2D eigenvalue weighted by molar-refractivity contribution is -0.135. The summed E-state index contributed by atoms with van der Waals surface area (Å²) in [6.45, 7) is 4.63. The molecule has 0 aliphatic carbocycles. The number of pyridine rings is 1. The third-order valence-electron chi connectivity index (χ3n) is 6.51. The summed E-state index contributed by atoms with van der Waals surface area (Å²) in [6.07, 6.45) is 0.524. The van der Waals surface area contributed by atoms with Crippen LogP contribution in [0.5, 0.6) is 5.75 Å². The molecule has 9 nitrogen and oxygen atoms in total. The molecule has 188 valence electrons. The van der Waals surface area contributed by atoms with E-state index in [1.807, 2.05) is 37.3 Å². The molecule has 1 aromatic heterocycles. The number of ether oxygens (including phenoxy) is 1. The number of para-hydroxylation sites is 1. The summed E-state index contributed by atoms with van der Waals surface area (Å²) in [5, 5.41) is 12.9. The van der Waals surface area contributed by atoms with Gasteiger partial charge in [-0.1, -0.05) is 18.2 Å². The molecule has 2 aromatic carbocycles. The minimum absolute atomic E-state index is 0.00116. The maximum absolute atomic E-state index is 12.9. The van der Waals surface area contributed by atoms with Crippen molar-refractivity contribution in [1.29, 1.82) is 0 Å². The van der Waals surface area contributed by atoms with Crippen LogP contribution in [0.3, 0.4) is 0 Å². The van der Waals surface area contributed by atoms with Crippen molar-refractivity contribution < 1.29 is 24.3 Å². The third kappa shape index (κ3) is 5.98. The molecule has 2 atom stereocenters. The molecule has 0 unspecified atom stereocenters. The van der Waals surface area contributed by atoms with Crippen LogP contribution >= 0.6 is 0 Å². The Bertz CT molecular complexity index is 1260. The lowest BCUT2D eigenvalue weighted by Crippen LogP contribution is -2.53. The molecule has 1 aliphatic rings. The Balaban J connectivity index is 1.39. The van der Waals surface area contributed by atoms with Crippen molar-refractivity contribution >= 4 is 28.6 Å². The van der Waals surface area contributed by atoms with Gasteiger partial charge in [-0.25, -0.2) is 5.48 Å². The number of rotatable bonds is 7. The largest absolute Gasteiger partial charge is 0.489 e. The number of likely N-dealkylation sites (tertiary alicyclic amines) is 1. The number of hydrogen-bond acceptors (Lipinski definition) is 6. The number of carbonyl (C=O) groups excluding carboxylic acids is 3. The molecule has 0 saturated carbocycles. The molecule has 4 rings (SSSR count). The standard InChI is InChI=1S/C27H30N4O5/c1-17-13-21(23-5-3-4-6-25(23)28-17)16-36-22-9-7-19(8-10-22)27(34)29-24-11-12-31(18(2)32)15-20(24)14-26(33)30-35/h3-10,13,20,24,35H,11-12,14-16H2,1-2H3,(H,29,34)(H,30,33)/t20-,24+/m0/s1. The first-order valence-corrected chi connectivity index (χ1v) is 11.9. The zero-order valence-electron chi connectivity index (χ0n) is 20.4. The van der Waals surface area contributed by atoms with Gasteiger partial charge >= 0.3 is 0 Å². The molecule has 0 spiro atoms. The van der Waals surface area contributed by atoms with Gasteiger partial charge in [-0.3, -0.25) is 24.6 Å². The average molecular weight is 491 g/mol. The fourth-order valence-corrected chi connectivity index (χ4v) is 4.63. The number of carbonyl (C=O) groups is 3. The summed E-state index contributed by atoms with van der Waals surface area (Å²) in [4.78, 5) is 42.7. The number of aryl methyl sites for hydroxylation is 1. The maximum atomic E-state index is 12.9. The Morgan fingerprint density at radius 3 is 2.61 bits per heavy atom. The van der Waals surface area contributed by atoms with Gasteiger partial charge in [0.25, 0.3) is 5.91 Å². The Labute approximate surface area is 209 Å². The first-order chi connectivity index (χ1) is 17.3. The zero-order chi connectivity index (χ0) is 25.7. The van der Waals surface area contributed by atoms with Crippen molar-refractivity contribution in [3.05, 3.63) is 71.4 Å². The van der Waals surface area contributed by atoms with Gasteiger partial charge in [0.15, 0.2) is 0 Å². The predicted molar refractivity (Wildman–Crippen MR) is 133 cm³/mol. The zero-order valence-corrected chi connectivity index (χ0v) is 20.4. The fraction of sp³-hybridized carbons (Fsp3) is 0.333. The van der Waals surface area contributed by atoms with Crippen molar-refractivity contribution in [3.63, 3.8) is 0 Å².